The van der Waals surface area contributed by atoms with E-state index >= 15 is 0 Å². The van der Waals surface area contributed by atoms with Crippen LogP contribution in [0.2, 0.25) is 0 Å². The van der Waals surface area contributed by atoms with Crippen LogP contribution in [0.3, 0.4) is 0 Å². The van der Waals surface area contributed by atoms with Gasteiger partial charge in [0, 0.05) is 12.5 Å². The molecular formula is C13H17F3N2O2. The summed E-state index contributed by atoms with van der Waals surface area (Å²) in [5.74, 6) is -0.820. The van der Waals surface area contributed by atoms with Gasteiger partial charge >= 0.3 is 6.18 Å². The average Bonchev–Trinajstić information content (AvgIpc) is 2.36. The van der Waals surface area contributed by atoms with Crippen molar-refractivity contribution in [2.24, 2.45) is 11.7 Å². The summed E-state index contributed by atoms with van der Waals surface area (Å²) in [5, 5.41) is 2.51. The molecule has 1 aromatic rings. The second-order valence-electron chi connectivity index (χ2n) is 4.53. The lowest BCUT2D eigenvalue weighted by Crippen LogP contribution is -2.27. The summed E-state index contributed by atoms with van der Waals surface area (Å²) < 4.78 is 41.3. The molecule has 0 aliphatic rings. The van der Waals surface area contributed by atoms with Crippen molar-refractivity contribution >= 4 is 11.6 Å². The van der Waals surface area contributed by atoms with Gasteiger partial charge in [-0.1, -0.05) is 13.0 Å². The highest BCUT2D eigenvalue weighted by Gasteiger charge is 2.29. The van der Waals surface area contributed by atoms with Gasteiger partial charge < -0.3 is 15.8 Å². The molecular weight excluding hydrogens is 273 g/mol. The molecule has 0 aliphatic heterocycles. The zero-order valence-corrected chi connectivity index (χ0v) is 11.3. The smallest absolute Gasteiger partial charge is 0.422 e. The molecule has 0 saturated carbocycles. The molecule has 3 N–H and O–H groups in total. The number of halogens is 3. The number of anilines is 1. The first-order valence-electron chi connectivity index (χ1n) is 6.04. The Balaban J connectivity index is 2.87. The van der Waals surface area contributed by atoms with Crippen LogP contribution in [0.25, 0.3) is 0 Å². The highest BCUT2D eigenvalue weighted by Crippen LogP contribution is 2.28. The molecule has 0 aromatic heterocycles. The number of nitrogens with two attached hydrogens (primary N) is 1. The van der Waals surface area contributed by atoms with Crippen LogP contribution >= 0.6 is 0 Å². The number of ether oxygens (including phenoxy) is 1. The molecule has 1 unspecified atom stereocenters. The predicted octanol–water partition coefficient (Wildman–Crippen LogP) is 2.47. The minimum Gasteiger partial charge on any atom is -0.482 e. The number of benzene rings is 1. The van der Waals surface area contributed by atoms with Gasteiger partial charge in [-0.2, -0.15) is 13.2 Å². The summed E-state index contributed by atoms with van der Waals surface area (Å²) in [7, 11) is 0. The number of rotatable bonds is 5. The number of carbonyl (C=O) groups is 1. The van der Waals surface area contributed by atoms with Crippen LogP contribution in [0, 0.1) is 12.8 Å². The molecule has 112 valence electrons. The third kappa shape index (κ3) is 5.08. The first kappa shape index (κ1) is 16.3. The van der Waals surface area contributed by atoms with Crippen molar-refractivity contribution in [3.05, 3.63) is 23.8 Å². The summed E-state index contributed by atoms with van der Waals surface area (Å²) in [6.45, 7) is 2.08. The zero-order chi connectivity index (χ0) is 15.3. The van der Waals surface area contributed by atoms with E-state index in [2.05, 4.69) is 5.32 Å². The minimum absolute atomic E-state index is 0.0140. The Labute approximate surface area is 115 Å². The third-order valence-corrected chi connectivity index (χ3v) is 2.59. The second kappa shape index (κ2) is 6.60. The standard InChI is InChI=1S/C13H17F3N2O2/c1-8-3-4-10(18-12(19)9(2)6-17)11(5-8)20-7-13(14,15)16/h3-5,9H,6-7,17H2,1-2H3,(H,18,19). The van der Waals surface area contributed by atoms with E-state index in [0.29, 0.717) is 0 Å². The maximum Gasteiger partial charge on any atom is 0.422 e. The molecule has 0 saturated heterocycles. The number of nitrogens with one attached hydrogen (secondary N) is 1. The van der Waals surface area contributed by atoms with Crippen molar-refractivity contribution in [2.75, 3.05) is 18.5 Å². The summed E-state index contributed by atoms with van der Waals surface area (Å²) in [6, 6.07) is 4.61. The van der Waals surface area contributed by atoms with Crippen LogP contribution in [0.5, 0.6) is 5.75 Å². The minimum atomic E-state index is -4.43. The molecule has 0 fully saturated rings. The van der Waals surface area contributed by atoms with Crippen LogP contribution in [0.4, 0.5) is 18.9 Å². The fraction of sp³-hybridized carbons (Fsp3) is 0.462. The fourth-order valence-electron chi connectivity index (χ4n) is 1.37. The maximum atomic E-state index is 12.2. The summed E-state index contributed by atoms with van der Waals surface area (Å²) in [5.41, 5.74) is 6.29. The molecule has 4 nitrogen and oxygen atoms in total. The monoisotopic (exact) mass is 290 g/mol. The molecule has 7 heteroatoms. The average molecular weight is 290 g/mol. The van der Waals surface area contributed by atoms with Crippen molar-refractivity contribution in [3.63, 3.8) is 0 Å². The first-order valence-corrected chi connectivity index (χ1v) is 6.04. The van der Waals surface area contributed by atoms with Crippen LogP contribution in [0.1, 0.15) is 12.5 Å². The van der Waals surface area contributed by atoms with Crippen molar-refractivity contribution in [2.45, 2.75) is 20.0 Å². The summed E-state index contributed by atoms with van der Waals surface area (Å²) in [4.78, 5) is 11.7. The molecule has 0 radical (unpaired) electrons. The fourth-order valence-corrected chi connectivity index (χ4v) is 1.37. The Morgan fingerprint density at radius 1 is 1.45 bits per heavy atom. The van der Waals surface area contributed by atoms with Crippen molar-refractivity contribution in [3.8, 4) is 5.75 Å². The Hall–Kier alpha value is -1.76. The Kier molecular flexibility index (Phi) is 5.38. The van der Waals surface area contributed by atoms with Crippen molar-refractivity contribution < 1.29 is 22.7 Å². The van der Waals surface area contributed by atoms with Crippen LogP contribution in [-0.4, -0.2) is 25.2 Å². The largest absolute Gasteiger partial charge is 0.482 e. The van der Waals surface area contributed by atoms with E-state index in [1.165, 1.54) is 12.1 Å². The molecule has 0 spiro atoms. The number of aryl methyl sites for hydroxylation is 1. The zero-order valence-electron chi connectivity index (χ0n) is 11.3. The highest BCUT2D eigenvalue weighted by molar-refractivity contribution is 5.93. The maximum absolute atomic E-state index is 12.2. The lowest BCUT2D eigenvalue weighted by Gasteiger charge is -2.16. The predicted molar refractivity (Wildman–Crippen MR) is 69.6 cm³/mol. The van der Waals surface area contributed by atoms with E-state index in [-0.39, 0.29) is 23.9 Å². The van der Waals surface area contributed by atoms with Gasteiger partial charge in [0.2, 0.25) is 5.91 Å². The summed E-state index contributed by atoms with van der Waals surface area (Å²) >= 11 is 0. The highest BCUT2D eigenvalue weighted by atomic mass is 19.4. The molecule has 0 heterocycles. The number of hydrogen-bond donors (Lipinski definition) is 2. The lowest BCUT2D eigenvalue weighted by atomic mass is 10.1. The second-order valence-corrected chi connectivity index (χ2v) is 4.53. The number of alkyl halides is 3. The van der Waals surface area contributed by atoms with E-state index in [1.54, 1.807) is 19.9 Å². The molecule has 0 bridgehead atoms. The van der Waals surface area contributed by atoms with Crippen molar-refractivity contribution in [1.29, 1.82) is 0 Å². The van der Waals surface area contributed by atoms with E-state index in [1.807, 2.05) is 0 Å². The number of amides is 1. The van der Waals surface area contributed by atoms with E-state index in [0.717, 1.165) is 5.56 Å². The molecule has 1 rings (SSSR count). The topological polar surface area (TPSA) is 64.4 Å². The van der Waals surface area contributed by atoms with Gasteiger partial charge in [-0.3, -0.25) is 4.79 Å². The van der Waals surface area contributed by atoms with Gasteiger partial charge in [0.15, 0.2) is 6.61 Å². The Morgan fingerprint density at radius 2 is 2.10 bits per heavy atom. The lowest BCUT2D eigenvalue weighted by molar-refractivity contribution is -0.153. The number of hydrogen-bond acceptors (Lipinski definition) is 3. The van der Waals surface area contributed by atoms with E-state index in [9.17, 15) is 18.0 Å². The molecule has 20 heavy (non-hydrogen) atoms. The first-order chi connectivity index (χ1) is 9.23. The van der Waals surface area contributed by atoms with Crippen LogP contribution < -0.4 is 15.8 Å². The van der Waals surface area contributed by atoms with Gasteiger partial charge in [-0.05, 0) is 24.6 Å². The van der Waals surface area contributed by atoms with Gasteiger partial charge in [-0.15, -0.1) is 0 Å². The van der Waals surface area contributed by atoms with Crippen LogP contribution in [-0.2, 0) is 4.79 Å². The Bertz CT molecular complexity index is 475. The van der Waals surface area contributed by atoms with E-state index < -0.39 is 18.7 Å². The summed E-state index contributed by atoms with van der Waals surface area (Å²) in [6.07, 6.45) is -4.43. The van der Waals surface area contributed by atoms with Gasteiger partial charge in [-0.25, -0.2) is 0 Å². The van der Waals surface area contributed by atoms with Crippen LogP contribution in [0.15, 0.2) is 18.2 Å². The third-order valence-electron chi connectivity index (χ3n) is 2.59. The van der Waals surface area contributed by atoms with Gasteiger partial charge in [0.1, 0.15) is 5.75 Å². The molecule has 0 aliphatic carbocycles. The molecule has 1 amide bonds. The molecule has 1 atom stereocenters. The normalized spacial score (nSPS) is 12.9. The van der Waals surface area contributed by atoms with Gasteiger partial charge in [0.05, 0.1) is 5.69 Å². The van der Waals surface area contributed by atoms with Crippen molar-refractivity contribution in [1.82, 2.24) is 0 Å². The Morgan fingerprint density at radius 3 is 2.65 bits per heavy atom. The number of carbonyl (C=O) groups excluding carboxylic acids is 1. The molecule has 1 aromatic carbocycles. The quantitative estimate of drug-likeness (QED) is 0.875. The van der Waals surface area contributed by atoms with Gasteiger partial charge in [0.25, 0.3) is 0 Å². The van der Waals surface area contributed by atoms with E-state index in [4.69, 9.17) is 10.5 Å². The SMILES string of the molecule is Cc1ccc(NC(=O)C(C)CN)c(OCC(F)(F)F)c1.